The summed E-state index contributed by atoms with van der Waals surface area (Å²) in [6.45, 7) is 3.99. The molecule has 0 radical (unpaired) electrons. The molecule has 0 saturated carbocycles. The predicted octanol–water partition coefficient (Wildman–Crippen LogP) is 4.73. The highest BCUT2D eigenvalue weighted by Gasteiger charge is 2.19. The zero-order chi connectivity index (χ0) is 20.6. The smallest absolute Gasteiger partial charge is 0.250 e. The zero-order valence-corrected chi connectivity index (χ0v) is 18.2. The van der Waals surface area contributed by atoms with E-state index in [-0.39, 0.29) is 0 Å². The number of nitrogens with one attached hydrogen (secondary N) is 1. The van der Waals surface area contributed by atoms with Crippen LogP contribution in [0, 0.1) is 0 Å². The first kappa shape index (κ1) is 20.8. The van der Waals surface area contributed by atoms with Gasteiger partial charge in [-0.15, -0.1) is 0 Å². The molecule has 2 saturated heterocycles. The Balaban J connectivity index is 1.56. The highest BCUT2D eigenvalue weighted by Crippen LogP contribution is 2.22. The second kappa shape index (κ2) is 10.6. The van der Waals surface area contributed by atoms with Gasteiger partial charge in [0, 0.05) is 31.2 Å². The van der Waals surface area contributed by atoms with Crippen LogP contribution in [0.2, 0.25) is 5.02 Å². The van der Waals surface area contributed by atoms with E-state index in [1.165, 1.54) is 51.4 Å². The maximum Gasteiger partial charge on any atom is 0.250 e. The molecule has 7 nitrogen and oxygen atoms in total. The fourth-order valence-electron chi connectivity index (χ4n) is 3.94. The van der Waals surface area contributed by atoms with Gasteiger partial charge in [-0.1, -0.05) is 49.4 Å². The van der Waals surface area contributed by atoms with Crippen molar-refractivity contribution >= 4 is 35.7 Å². The van der Waals surface area contributed by atoms with Crippen LogP contribution < -0.4 is 15.2 Å². The normalized spacial score (nSPS) is 18.3. The van der Waals surface area contributed by atoms with Crippen molar-refractivity contribution in [3.05, 3.63) is 34.9 Å². The third kappa shape index (κ3) is 5.81. The van der Waals surface area contributed by atoms with Gasteiger partial charge in [0.2, 0.25) is 17.8 Å². The van der Waals surface area contributed by atoms with Crippen molar-refractivity contribution in [1.29, 1.82) is 0 Å². The van der Waals surface area contributed by atoms with Gasteiger partial charge in [0.15, 0.2) is 0 Å². The highest BCUT2D eigenvalue weighted by atomic mass is 35.5. The number of rotatable bonds is 5. The fraction of sp³-hybridized carbons (Fsp3) is 0.545. The summed E-state index contributed by atoms with van der Waals surface area (Å²) in [5.74, 6) is 2.01. The van der Waals surface area contributed by atoms with E-state index in [9.17, 15) is 0 Å². The lowest BCUT2D eigenvalue weighted by molar-refractivity contribution is 0.726. The van der Waals surface area contributed by atoms with Gasteiger partial charge in [-0.25, -0.2) is 5.43 Å². The van der Waals surface area contributed by atoms with Gasteiger partial charge < -0.3 is 9.80 Å². The topological polar surface area (TPSA) is 69.5 Å². The lowest BCUT2D eigenvalue weighted by Crippen LogP contribution is -2.30. The molecule has 1 aromatic heterocycles. The molecule has 160 valence electrons. The molecule has 0 spiro atoms. The molecule has 8 heteroatoms. The summed E-state index contributed by atoms with van der Waals surface area (Å²) in [7, 11) is 0. The SMILES string of the molecule is Clc1ccc(/C=N/Nc2nc(N3CCCCCC3)nc(N3CCCCCC3)n2)cc1. The number of anilines is 3. The van der Waals surface area contributed by atoms with Crippen molar-refractivity contribution in [3.63, 3.8) is 0 Å². The minimum Gasteiger partial charge on any atom is -0.341 e. The Kier molecular flexibility index (Phi) is 7.34. The lowest BCUT2D eigenvalue weighted by atomic mass is 10.2. The minimum atomic E-state index is 0.494. The second-order valence-electron chi connectivity index (χ2n) is 7.98. The predicted molar refractivity (Wildman–Crippen MR) is 124 cm³/mol. The fourth-order valence-corrected chi connectivity index (χ4v) is 4.07. The largest absolute Gasteiger partial charge is 0.341 e. The Morgan fingerprint density at radius 3 is 1.73 bits per heavy atom. The zero-order valence-electron chi connectivity index (χ0n) is 17.4. The van der Waals surface area contributed by atoms with E-state index in [2.05, 4.69) is 20.3 Å². The summed E-state index contributed by atoms with van der Waals surface area (Å²) in [6, 6.07) is 7.54. The number of aromatic nitrogens is 3. The average Bonchev–Trinajstić information content (AvgIpc) is 3.21. The van der Waals surface area contributed by atoms with Gasteiger partial charge in [0.05, 0.1) is 6.21 Å². The monoisotopic (exact) mass is 427 g/mol. The van der Waals surface area contributed by atoms with Gasteiger partial charge >= 0.3 is 0 Å². The first-order valence-electron chi connectivity index (χ1n) is 11.1. The van der Waals surface area contributed by atoms with Crippen LogP contribution in [0.1, 0.15) is 56.9 Å². The molecule has 2 fully saturated rings. The molecule has 4 rings (SSSR count). The maximum absolute atomic E-state index is 5.95. The minimum absolute atomic E-state index is 0.494. The number of hydrazone groups is 1. The number of benzene rings is 1. The van der Waals surface area contributed by atoms with Crippen LogP contribution in [0.15, 0.2) is 29.4 Å². The highest BCUT2D eigenvalue weighted by molar-refractivity contribution is 6.30. The van der Waals surface area contributed by atoms with Crippen molar-refractivity contribution in [2.24, 2.45) is 5.10 Å². The molecule has 30 heavy (non-hydrogen) atoms. The summed E-state index contributed by atoms with van der Waals surface area (Å²) < 4.78 is 0. The van der Waals surface area contributed by atoms with E-state index in [1.807, 2.05) is 24.3 Å². The van der Waals surface area contributed by atoms with E-state index < -0.39 is 0 Å². The van der Waals surface area contributed by atoms with Crippen LogP contribution >= 0.6 is 11.6 Å². The molecule has 0 unspecified atom stereocenters. The van der Waals surface area contributed by atoms with Crippen LogP contribution in [-0.2, 0) is 0 Å². The van der Waals surface area contributed by atoms with Crippen LogP contribution in [0.5, 0.6) is 0 Å². The number of nitrogens with zero attached hydrogens (tertiary/aromatic N) is 6. The molecule has 3 heterocycles. The first-order valence-corrected chi connectivity index (χ1v) is 11.5. The third-order valence-electron chi connectivity index (χ3n) is 5.64. The summed E-state index contributed by atoms with van der Waals surface area (Å²) in [5, 5.41) is 5.05. The molecule has 0 atom stereocenters. The van der Waals surface area contributed by atoms with E-state index in [4.69, 9.17) is 26.6 Å². The number of halogens is 1. The summed E-state index contributed by atoms with van der Waals surface area (Å²) in [6.07, 6.45) is 11.6. The molecular formula is C22H30ClN7. The number of hydrogen-bond acceptors (Lipinski definition) is 7. The molecule has 1 N–H and O–H groups in total. The Hall–Kier alpha value is -2.41. The van der Waals surface area contributed by atoms with Gasteiger partial charge in [0.1, 0.15) is 0 Å². The maximum atomic E-state index is 5.95. The first-order chi connectivity index (χ1) is 14.8. The summed E-state index contributed by atoms with van der Waals surface area (Å²) >= 11 is 5.95. The van der Waals surface area contributed by atoms with Crippen molar-refractivity contribution in [2.75, 3.05) is 41.4 Å². The molecule has 0 amide bonds. The van der Waals surface area contributed by atoms with Crippen LogP contribution in [0.25, 0.3) is 0 Å². The van der Waals surface area contributed by atoms with E-state index >= 15 is 0 Å². The van der Waals surface area contributed by atoms with E-state index in [0.717, 1.165) is 43.6 Å². The van der Waals surface area contributed by atoms with Crippen LogP contribution in [0.4, 0.5) is 17.8 Å². The molecule has 2 aliphatic heterocycles. The number of hydrogen-bond donors (Lipinski definition) is 1. The van der Waals surface area contributed by atoms with Gasteiger partial charge in [-0.2, -0.15) is 20.1 Å². The quantitative estimate of drug-likeness (QED) is 0.549. The van der Waals surface area contributed by atoms with Crippen LogP contribution in [0.3, 0.4) is 0 Å². The molecule has 1 aromatic carbocycles. The lowest BCUT2D eigenvalue weighted by Gasteiger charge is -2.24. The molecule has 2 aliphatic rings. The molecule has 0 bridgehead atoms. The Bertz CT molecular complexity index is 786. The summed E-state index contributed by atoms with van der Waals surface area (Å²) in [4.78, 5) is 18.8. The van der Waals surface area contributed by atoms with Gasteiger partial charge in [-0.05, 0) is 43.4 Å². The van der Waals surface area contributed by atoms with Crippen molar-refractivity contribution in [3.8, 4) is 0 Å². The molecule has 0 aliphatic carbocycles. The second-order valence-corrected chi connectivity index (χ2v) is 8.42. The Morgan fingerprint density at radius 2 is 1.23 bits per heavy atom. The molecular weight excluding hydrogens is 398 g/mol. The summed E-state index contributed by atoms with van der Waals surface area (Å²) in [5.41, 5.74) is 3.98. The Morgan fingerprint density at radius 1 is 0.733 bits per heavy atom. The molecule has 2 aromatic rings. The van der Waals surface area contributed by atoms with Gasteiger partial charge in [-0.3, -0.25) is 0 Å². The average molecular weight is 428 g/mol. The van der Waals surface area contributed by atoms with Crippen molar-refractivity contribution < 1.29 is 0 Å². The van der Waals surface area contributed by atoms with E-state index in [1.54, 1.807) is 6.21 Å². The van der Waals surface area contributed by atoms with Crippen molar-refractivity contribution in [1.82, 2.24) is 15.0 Å². The van der Waals surface area contributed by atoms with Crippen molar-refractivity contribution in [2.45, 2.75) is 51.4 Å². The van der Waals surface area contributed by atoms with Gasteiger partial charge in [0.25, 0.3) is 0 Å². The Labute approximate surface area is 183 Å². The van der Waals surface area contributed by atoms with Crippen LogP contribution in [-0.4, -0.2) is 47.3 Å². The standard InChI is InChI=1S/C22H30ClN7/c23-19-11-9-18(10-12-19)17-24-28-20-25-21(29-13-5-1-2-6-14-29)27-22(26-20)30-15-7-3-4-8-16-30/h9-12,17H,1-8,13-16H2,(H,25,26,27,28)/b24-17+. The van der Waals surface area contributed by atoms with E-state index in [0.29, 0.717) is 11.0 Å². The third-order valence-corrected chi connectivity index (χ3v) is 5.89.